The average molecular weight is 339 g/mol. The molecular weight excluding hydrogens is 324 g/mol. The molecule has 0 aliphatic rings. The van der Waals surface area contributed by atoms with Crippen molar-refractivity contribution in [3.63, 3.8) is 0 Å². The number of rotatable bonds is 3. The van der Waals surface area contributed by atoms with Gasteiger partial charge < -0.3 is 0 Å². The standard InChI is InChI=1S/C18H15BrN2/c1-14-3-7-16(18(13-14)21-12-2-11-20-21)8-4-15-5-9-17(19)10-6-15/h2-13H,1H3/b8-4+. The first-order valence-corrected chi connectivity index (χ1v) is 7.56. The second-order valence-corrected chi connectivity index (χ2v) is 5.81. The summed E-state index contributed by atoms with van der Waals surface area (Å²) in [7, 11) is 0. The Kier molecular flexibility index (Phi) is 4.02. The van der Waals surface area contributed by atoms with E-state index in [0.29, 0.717) is 0 Å². The number of hydrogen-bond donors (Lipinski definition) is 0. The molecule has 0 amide bonds. The van der Waals surface area contributed by atoms with Gasteiger partial charge in [-0.1, -0.05) is 52.3 Å². The van der Waals surface area contributed by atoms with E-state index in [2.05, 4.69) is 70.4 Å². The molecule has 3 aromatic rings. The quantitative estimate of drug-likeness (QED) is 0.606. The summed E-state index contributed by atoms with van der Waals surface area (Å²) in [6, 6.07) is 16.6. The molecule has 0 saturated heterocycles. The van der Waals surface area contributed by atoms with Gasteiger partial charge in [0.25, 0.3) is 0 Å². The lowest BCUT2D eigenvalue weighted by Gasteiger charge is -2.07. The Bertz CT molecular complexity index is 756. The highest BCUT2D eigenvalue weighted by atomic mass is 79.9. The highest BCUT2D eigenvalue weighted by Gasteiger charge is 2.02. The molecular formula is C18H15BrN2. The van der Waals surface area contributed by atoms with Crippen LogP contribution in [0.4, 0.5) is 0 Å². The van der Waals surface area contributed by atoms with Gasteiger partial charge in [-0.25, -0.2) is 4.68 Å². The molecule has 1 aromatic heterocycles. The predicted molar refractivity (Wildman–Crippen MR) is 91.4 cm³/mol. The fourth-order valence-corrected chi connectivity index (χ4v) is 2.43. The number of halogens is 1. The molecule has 0 atom stereocenters. The highest BCUT2D eigenvalue weighted by Crippen LogP contribution is 2.19. The van der Waals surface area contributed by atoms with Gasteiger partial charge in [-0.05, 0) is 42.3 Å². The van der Waals surface area contributed by atoms with E-state index in [1.165, 1.54) is 11.1 Å². The number of aromatic nitrogens is 2. The zero-order valence-electron chi connectivity index (χ0n) is 11.7. The molecule has 0 radical (unpaired) electrons. The molecule has 1 heterocycles. The molecule has 0 bridgehead atoms. The first kappa shape index (κ1) is 13.8. The zero-order valence-corrected chi connectivity index (χ0v) is 13.3. The van der Waals surface area contributed by atoms with Gasteiger partial charge in [-0.2, -0.15) is 5.10 Å². The molecule has 0 N–H and O–H groups in total. The Morgan fingerprint density at radius 3 is 2.57 bits per heavy atom. The van der Waals surface area contributed by atoms with Crippen LogP contribution in [0.15, 0.2) is 65.4 Å². The zero-order chi connectivity index (χ0) is 14.7. The molecule has 0 unspecified atom stereocenters. The van der Waals surface area contributed by atoms with E-state index in [1.54, 1.807) is 6.20 Å². The maximum Gasteiger partial charge on any atom is 0.0720 e. The van der Waals surface area contributed by atoms with E-state index >= 15 is 0 Å². The van der Waals surface area contributed by atoms with E-state index in [0.717, 1.165) is 15.7 Å². The van der Waals surface area contributed by atoms with Gasteiger partial charge in [0.1, 0.15) is 0 Å². The first-order chi connectivity index (χ1) is 10.2. The van der Waals surface area contributed by atoms with Crippen LogP contribution in [0.2, 0.25) is 0 Å². The molecule has 104 valence electrons. The molecule has 21 heavy (non-hydrogen) atoms. The van der Waals surface area contributed by atoms with Gasteiger partial charge in [-0.15, -0.1) is 0 Å². The summed E-state index contributed by atoms with van der Waals surface area (Å²) in [6.45, 7) is 2.09. The minimum absolute atomic E-state index is 1.09. The summed E-state index contributed by atoms with van der Waals surface area (Å²) in [4.78, 5) is 0. The van der Waals surface area contributed by atoms with Gasteiger partial charge >= 0.3 is 0 Å². The summed E-state index contributed by atoms with van der Waals surface area (Å²) in [5.41, 5.74) is 4.63. The van der Waals surface area contributed by atoms with E-state index in [9.17, 15) is 0 Å². The Hall–Kier alpha value is -2.13. The van der Waals surface area contributed by atoms with Crippen LogP contribution in [-0.2, 0) is 0 Å². The molecule has 0 aliphatic heterocycles. The van der Waals surface area contributed by atoms with Crippen LogP contribution in [0, 0.1) is 6.92 Å². The van der Waals surface area contributed by atoms with Gasteiger partial charge in [-0.3, -0.25) is 0 Å². The van der Waals surface area contributed by atoms with Crippen molar-refractivity contribution in [2.24, 2.45) is 0 Å². The third-order valence-electron chi connectivity index (χ3n) is 3.26. The minimum Gasteiger partial charge on any atom is -0.240 e. The number of aryl methyl sites for hydroxylation is 1. The molecule has 0 saturated carbocycles. The van der Waals surface area contributed by atoms with Crippen molar-refractivity contribution >= 4 is 28.1 Å². The topological polar surface area (TPSA) is 17.8 Å². The van der Waals surface area contributed by atoms with E-state index in [1.807, 2.05) is 29.1 Å². The summed E-state index contributed by atoms with van der Waals surface area (Å²) >= 11 is 3.45. The Labute approximate surface area is 132 Å². The molecule has 0 aliphatic carbocycles. The molecule has 3 heteroatoms. The fourth-order valence-electron chi connectivity index (χ4n) is 2.16. The van der Waals surface area contributed by atoms with E-state index in [-0.39, 0.29) is 0 Å². The average Bonchev–Trinajstić information content (AvgIpc) is 3.02. The van der Waals surface area contributed by atoms with Gasteiger partial charge in [0.15, 0.2) is 0 Å². The number of nitrogens with zero attached hydrogens (tertiary/aromatic N) is 2. The number of benzene rings is 2. The van der Waals surface area contributed by atoms with E-state index < -0.39 is 0 Å². The monoisotopic (exact) mass is 338 g/mol. The van der Waals surface area contributed by atoms with Gasteiger partial charge in [0.2, 0.25) is 0 Å². The van der Waals surface area contributed by atoms with Gasteiger partial charge in [0, 0.05) is 22.4 Å². The van der Waals surface area contributed by atoms with Crippen molar-refractivity contribution in [1.29, 1.82) is 0 Å². The van der Waals surface area contributed by atoms with E-state index in [4.69, 9.17) is 0 Å². The normalized spacial score (nSPS) is 11.1. The summed E-state index contributed by atoms with van der Waals surface area (Å²) in [5.74, 6) is 0. The molecule has 2 aromatic carbocycles. The lowest BCUT2D eigenvalue weighted by atomic mass is 10.1. The van der Waals surface area contributed by atoms with Crippen molar-refractivity contribution in [3.05, 3.63) is 82.1 Å². The maximum atomic E-state index is 4.33. The summed E-state index contributed by atoms with van der Waals surface area (Å²) in [6.07, 6.45) is 8.00. The second-order valence-electron chi connectivity index (χ2n) is 4.90. The minimum atomic E-state index is 1.09. The largest absolute Gasteiger partial charge is 0.240 e. The fraction of sp³-hybridized carbons (Fsp3) is 0.0556. The van der Waals surface area contributed by atoms with Gasteiger partial charge in [0.05, 0.1) is 5.69 Å². The van der Waals surface area contributed by atoms with Crippen LogP contribution in [-0.4, -0.2) is 9.78 Å². The highest BCUT2D eigenvalue weighted by molar-refractivity contribution is 9.10. The SMILES string of the molecule is Cc1ccc(/C=C/c2ccc(Br)cc2)c(-n2cccn2)c1. The summed E-state index contributed by atoms with van der Waals surface area (Å²) < 4.78 is 2.99. The second kappa shape index (κ2) is 6.10. The first-order valence-electron chi connectivity index (χ1n) is 6.77. The molecule has 3 rings (SSSR count). The van der Waals surface area contributed by atoms with Crippen LogP contribution in [0.1, 0.15) is 16.7 Å². The van der Waals surface area contributed by atoms with Crippen molar-refractivity contribution in [2.45, 2.75) is 6.92 Å². The molecule has 0 fully saturated rings. The van der Waals surface area contributed by atoms with Crippen molar-refractivity contribution in [1.82, 2.24) is 9.78 Å². The third-order valence-corrected chi connectivity index (χ3v) is 3.79. The lowest BCUT2D eigenvalue weighted by molar-refractivity contribution is 0.877. The van der Waals surface area contributed by atoms with Crippen LogP contribution in [0.5, 0.6) is 0 Å². The van der Waals surface area contributed by atoms with Crippen molar-refractivity contribution in [2.75, 3.05) is 0 Å². The smallest absolute Gasteiger partial charge is 0.0720 e. The van der Waals surface area contributed by atoms with Crippen molar-refractivity contribution < 1.29 is 0 Å². The third kappa shape index (κ3) is 3.31. The molecule has 0 spiro atoms. The Morgan fingerprint density at radius 2 is 1.86 bits per heavy atom. The molecule has 2 nitrogen and oxygen atoms in total. The van der Waals surface area contributed by atoms with Crippen LogP contribution in [0.25, 0.3) is 17.8 Å². The van der Waals surface area contributed by atoms with Crippen molar-refractivity contribution in [3.8, 4) is 5.69 Å². The summed E-state index contributed by atoms with van der Waals surface area (Å²) in [5, 5.41) is 4.33. The lowest BCUT2D eigenvalue weighted by Crippen LogP contribution is -1.97. The Morgan fingerprint density at radius 1 is 1.05 bits per heavy atom. The predicted octanol–water partition coefficient (Wildman–Crippen LogP) is 5.11. The number of hydrogen-bond acceptors (Lipinski definition) is 1. The Balaban J connectivity index is 1.97. The van der Waals surface area contributed by atoms with Crippen LogP contribution >= 0.6 is 15.9 Å². The maximum absolute atomic E-state index is 4.33. The van der Waals surface area contributed by atoms with Crippen LogP contribution in [0.3, 0.4) is 0 Å². The van der Waals surface area contributed by atoms with Crippen LogP contribution < -0.4 is 0 Å².